The van der Waals surface area contributed by atoms with Crippen molar-refractivity contribution < 1.29 is 27.2 Å². The van der Waals surface area contributed by atoms with Crippen LogP contribution in [0.15, 0.2) is 42.5 Å². The van der Waals surface area contributed by atoms with Crippen molar-refractivity contribution >= 4 is 22.7 Å². The smallest absolute Gasteiger partial charge is 0.366 e. The summed E-state index contributed by atoms with van der Waals surface area (Å²) in [5, 5.41) is 12.8. The van der Waals surface area contributed by atoms with Gasteiger partial charge in [0.2, 0.25) is 5.91 Å². The fourth-order valence-corrected chi connectivity index (χ4v) is 4.03. The largest absolute Gasteiger partial charge is 0.435 e. The number of amides is 2. The third-order valence-corrected chi connectivity index (χ3v) is 5.54. The number of fused-ring (bicyclic) bond motifs is 1. The maximum absolute atomic E-state index is 14.2. The number of carbonyl (C=O) groups is 2. The number of halogens is 4. The van der Waals surface area contributed by atoms with E-state index < -0.39 is 51.9 Å². The monoisotopic (exact) mass is 496 g/mol. The van der Waals surface area contributed by atoms with Crippen molar-refractivity contribution in [3.05, 3.63) is 82.1 Å². The van der Waals surface area contributed by atoms with Gasteiger partial charge in [0.1, 0.15) is 11.5 Å². The molecule has 0 aliphatic heterocycles. The van der Waals surface area contributed by atoms with Gasteiger partial charge >= 0.3 is 6.18 Å². The van der Waals surface area contributed by atoms with Crippen LogP contribution in [-0.2, 0) is 12.7 Å². The summed E-state index contributed by atoms with van der Waals surface area (Å²) in [6.07, 6.45) is -5.01. The number of aromatic nitrogens is 3. The molecule has 4 rings (SSSR count). The van der Waals surface area contributed by atoms with Crippen LogP contribution in [0.1, 0.15) is 43.4 Å². The van der Waals surface area contributed by atoms with Crippen LogP contribution in [0.3, 0.4) is 0 Å². The number of nitrogens with two attached hydrogens (primary N) is 2. The maximum Gasteiger partial charge on any atom is 0.435 e. The number of nitriles is 1. The molecule has 0 fully saturated rings. The number of rotatable bonds is 5. The lowest BCUT2D eigenvalue weighted by molar-refractivity contribution is -0.141. The Morgan fingerprint density at radius 3 is 2.42 bits per heavy atom. The molecule has 0 radical (unpaired) electrons. The van der Waals surface area contributed by atoms with E-state index >= 15 is 0 Å². The van der Waals surface area contributed by atoms with E-state index in [2.05, 4.69) is 10.1 Å². The Kier molecular flexibility index (Phi) is 5.93. The summed E-state index contributed by atoms with van der Waals surface area (Å²) < 4.78 is 57.4. The minimum absolute atomic E-state index is 0.0640. The summed E-state index contributed by atoms with van der Waals surface area (Å²) in [6.45, 7) is 1.16. The van der Waals surface area contributed by atoms with Crippen molar-refractivity contribution in [2.24, 2.45) is 11.5 Å². The second-order valence-corrected chi connectivity index (χ2v) is 7.88. The quantitative estimate of drug-likeness (QED) is 0.406. The van der Waals surface area contributed by atoms with E-state index in [0.717, 1.165) is 22.9 Å². The van der Waals surface area contributed by atoms with Crippen LogP contribution in [0, 0.1) is 24.1 Å². The number of alkyl halides is 3. The Morgan fingerprint density at radius 2 is 1.81 bits per heavy atom. The molecular weight excluding hydrogens is 480 g/mol. The lowest BCUT2D eigenvalue weighted by atomic mass is 9.92. The first kappa shape index (κ1) is 24.3. The third-order valence-electron chi connectivity index (χ3n) is 5.54. The van der Waals surface area contributed by atoms with E-state index in [1.165, 1.54) is 19.1 Å². The zero-order chi connectivity index (χ0) is 26.4. The second-order valence-electron chi connectivity index (χ2n) is 7.88. The number of primary amides is 2. The van der Waals surface area contributed by atoms with Gasteiger partial charge in [-0.25, -0.2) is 9.37 Å². The van der Waals surface area contributed by atoms with E-state index in [0.29, 0.717) is 11.1 Å². The Balaban J connectivity index is 2.09. The summed E-state index contributed by atoms with van der Waals surface area (Å²) in [5.74, 6) is -3.18. The van der Waals surface area contributed by atoms with E-state index in [9.17, 15) is 27.2 Å². The fourth-order valence-electron chi connectivity index (χ4n) is 4.03. The first-order chi connectivity index (χ1) is 16.9. The second kappa shape index (κ2) is 8.77. The molecule has 0 unspecified atom stereocenters. The van der Waals surface area contributed by atoms with Gasteiger partial charge in [-0.3, -0.25) is 14.3 Å². The van der Waals surface area contributed by atoms with Crippen LogP contribution >= 0.6 is 0 Å². The summed E-state index contributed by atoms with van der Waals surface area (Å²) in [6, 6.07) is 11.2. The zero-order valence-corrected chi connectivity index (χ0v) is 18.5. The van der Waals surface area contributed by atoms with Gasteiger partial charge in [0.25, 0.3) is 5.91 Å². The van der Waals surface area contributed by atoms with Gasteiger partial charge in [-0.1, -0.05) is 12.1 Å². The molecule has 2 amide bonds. The third kappa shape index (κ3) is 4.22. The topological polar surface area (TPSA) is 141 Å². The molecule has 2 aromatic heterocycles. The van der Waals surface area contributed by atoms with Gasteiger partial charge in [-0.05, 0) is 36.8 Å². The normalized spacial score (nSPS) is 11.4. The maximum atomic E-state index is 14.2. The molecule has 0 bridgehead atoms. The molecule has 2 aromatic carbocycles. The van der Waals surface area contributed by atoms with Crippen LogP contribution in [-0.4, -0.2) is 26.6 Å². The lowest BCUT2D eigenvalue weighted by Crippen LogP contribution is -2.21. The molecule has 0 atom stereocenters. The van der Waals surface area contributed by atoms with Crippen molar-refractivity contribution in [3.8, 4) is 17.2 Å². The first-order valence-electron chi connectivity index (χ1n) is 10.3. The molecule has 182 valence electrons. The molecule has 0 aliphatic carbocycles. The summed E-state index contributed by atoms with van der Waals surface area (Å²) in [5.41, 5.74) is 7.78. The number of pyridine rings is 1. The molecule has 36 heavy (non-hydrogen) atoms. The zero-order valence-electron chi connectivity index (χ0n) is 18.5. The standard InChI is InChI=1S/C24H16F4N6O2/c1-11-17(21(24(26,27)28)33-34(11)10-13-4-2-3-12(7-13)9-29)19-18(22(30)35)15-6-5-14(25)8-16(15)32-20(19)23(31)36/h2-8H,10H2,1H3,(H2,30,35)(H2,31,36). The van der Waals surface area contributed by atoms with E-state index in [1.807, 2.05) is 6.07 Å². The molecule has 0 aliphatic rings. The van der Waals surface area contributed by atoms with Gasteiger partial charge in [0, 0.05) is 28.3 Å². The Hall–Kier alpha value is -4.79. The predicted molar refractivity (Wildman–Crippen MR) is 120 cm³/mol. The van der Waals surface area contributed by atoms with Crippen LogP contribution in [0.4, 0.5) is 17.6 Å². The highest BCUT2D eigenvalue weighted by Gasteiger charge is 2.41. The molecule has 4 N–H and O–H groups in total. The average molecular weight is 496 g/mol. The van der Waals surface area contributed by atoms with Gasteiger partial charge in [-0.15, -0.1) is 0 Å². The van der Waals surface area contributed by atoms with Gasteiger partial charge < -0.3 is 11.5 Å². The molecule has 0 saturated carbocycles. The fraction of sp³-hybridized carbons (Fsp3) is 0.125. The van der Waals surface area contributed by atoms with Crippen molar-refractivity contribution in [2.75, 3.05) is 0 Å². The van der Waals surface area contributed by atoms with Gasteiger partial charge in [0.15, 0.2) is 5.69 Å². The summed E-state index contributed by atoms with van der Waals surface area (Å²) in [7, 11) is 0. The van der Waals surface area contributed by atoms with Crippen LogP contribution in [0.2, 0.25) is 0 Å². The molecule has 2 heterocycles. The molecule has 12 heteroatoms. The van der Waals surface area contributed by atoms with E-state index in [1.54, 1.807) is 12.1 Å². The highest BCUT2D eigenvalue weighted by Crippen LogP contribution is 2.42. The van der Waals surface area contributed by atoms with Gasteiger partial charge in [-0.2, -0.15) is 23.5 Å². The molecule has 4 aromatic rings. The number of carbonyl (C=O) groups excluding carboxylic acids is 2. The molecule has 8 nitrogen and oxygen atoms in total. The SMILES string of the molecule is Cc1c(-c2c(C(N)=O)nc3cc(F)ccc3c2C(N)=O)c(C(F)(F)F)nn1Cc1cccc(C#N)c1. The van der Waals surface area contributed by atoms with Crippen LogP contribution < -0.4 is 11.5 Å². The van der Waals surface area contributed by atoms with E-state index in [4.69, 9.17) is 16.7 Å². The number of hydrogen-bond acceptors (Lipinski definition) is 5. The number of benzene rings is 2. The minimum Gasteiger partial charge on any atom is -0.366 e. The first-order valence-corrected chi connectivity index (χ1v) is 10.3. The van der Waals surface area contributed by atoms with Crippen LogP contribution in [0.25, 0.3) is 22.0 Å². The Labute approximate surface area is 200 Å². The highest BCUT2D eigenvalue weighted by atomic mass is 19.4. The molecular formula is C24H16F4N6O2. The van der Waals surface area contributed by atoms with Crippen molar-refractivity contribution in [2.45, 2.75) is 19.6 Å². The highest BCUT2D eigenvalue weighted by molar-refractivity contribution is 6.15. The van der Waals surface area contributed by atoms with Crippen molar-refractivity contribution in [1.82, 2.24) is 14.8 Å². The predicted octanol–water partition coefficient (Wildman–Crippen LogP) is 3.68. The molecule has 0 saturated heterocycles. The Bertz CT molecular complexity index is 1600. The number of nitrogens with zero attached hydrogens (tertiary/aromatic N) is 4. The lowest BCUT2D eigenvalue weighted by Gasteiger charge is -2.16. The van der Waals surface area contributed by atoms with Gasteiger partial charge in [0.05, 0.1) is 29.3 Å². The van der Waals surface area contributed by atoms with Crippen molar-refractivity contribution in [3.63, 3.8) is 0 Å². The summed E-state index contributed by atoms with van der Waals surface area (Å²) >= 11 is 0. The Morgan fingerprint density at radius 1 is 1.08 bits per heavy atom. The van der Waals surface area contributed by atoms with Crippen molar-refractivity contribution in [1.29, 1.82) is 5.26 Å². The van der Waals surface area contributed by atoms with Crippen LogP contribution in [0.5, 0.6) is 0 Å². The minimum atomic E-state index is -5.01. The molecule has 0 spiro atoms. The van der Waals surface area contributed by atoms with E-state index in [-0.39, 0.29) is 23.1 Å². The number of hydrogen-bond donors (Lipinski definition) is 2. The summed E-state index contributed by atoms with van der Waals surface area (Å²) in [4.78, 5) is 28.8. The average Bonchev–Trinajstić information content (AvgIpc) is 3.13.